The first-order valence-electron chi connectivity index (χ1n) is 8.73. The maximum atomic E-state index is 8.68. The monoisotopic (exact) mass is 472 g/mol. The van der Waals surface area contributed by atoms with Gasteiger partial charge in [0.1, 0.15) is 16.2 Å². The molecule has 4 rings (SSSR count). The van der Waals surface area contributed by atoms with Gasteiger partial charge in [-0.3, -0.25) is 20.2 Å². The first-order valence-corrected chi connectivity index (χ1v) is 9.53. The lowest BCUT2D eigenvalue weighted by Crippen LogP contribution is -2.29. The van der Waals surface area contributed by atoms with Crippen molar-refractivity contribution in [3.63, 3.8) is 0 Å². The van der Waals surface area contributed by atoms with Crippen LogP contribution in [-0.4, -0.2) is 47.5 Å². The number of anilines is 2. The minimum atomic E-state index is -1.39. The van der Waals surface area contributed by atoms with Gasteiger partial charge in [0, 0.05) is 41.5 Å². The molecule has 0 saturated carbocycles. The number of aromatic amines is 2. The number of H-pyrrole nitrogens is 2. The summed E-state index contributed by atoms with van der Waals surface area (Å²) in [5, 5.41) is 30.3. The number of hydrogen-bond donors (Lipinski definition) is 6. The number of nitrogens with two attached hydrogens (primary N) is 2. The van der Waals surface area contributed by atoms with Crippen LogP contribution in [0.2, 0.25) is 0 Å². The number of rotatable bonds is 2. The van der Waals surface area contributed by atoms with E-state index in [-0.39, 0.29) is 0 Å². The number of nitrogens with one attached hydrogen (secondary N) is 2. The third kappa shape index (κ3) is 7.66. The van der Waals surface area contributed by atoms with E-state index in [0.717, 1.165) is 27.2 Å². The Kier molecular flexibility index (Phi) is 8.53. The smallest absolute Gasteiger partial charge is 0.423 e. The van der Waals surface area contributed by atoms with E-state index in [1.54, 1.807) is 43.6 Å². The van der Waals surface area contributed by atoms with Crippen LogP contribution in [0.15, 0.2) is 53.4 Å². The molecule has 156 valence electrons. The van der Waals surface area contributed by atoms with Gasteiger partial charge < -0.3 is 21.5 Å². The van der Waals surface area contributed by atoms with Crippen LogP contribution in [0.5, 0.6) is 0 Å². The summed E-state index contributed by atoms with van der Waals surface area (Å²) in [4.78, 5) is 8.01. The summed E-state index contributed by atoms with van der Waals surface area (Å²) in [6.45, 7) is 3.75. The van der Waals surface area contributed by atoms with Crippen LogP contribution in [0.1, 0.15) is 11.4 Å². The second kappa shape index (κ2) is 11.1. The normalized spacial score (nSPS) is 9.77. The number of nitrogen functional groups attached to an aromatic ring is 2. The molecule has 0 amide bonds. The molecule has 0 radical (unpaired) electrons. The standard InChI is InChI=1S/C9H10N4.C6H8BNO2.C3H4BrN3/c1-6-4-7(2-3-11-6)8-5-9(10)13-12-8;1-5-4-6(7(9)10)2-3-8-5;4-2-1-3(5)7-6-2/h2-5H,1H3,(H3,10,12,13);2-4,9-10H,1H3;1H,(H3,5,6,7). The Morgan fingerprint density at radius 2 is 1.47 bits per heavy atom. The van der Waals surface area contributed by atoms with E-state index in [2.05, 4.69) is 46.3 Å². The number of halogens is 1. The summed E-state index contributed by atoms with van der Waals surface area (Å²) in [7, 11) is -1.39. The minimum absolute atomic E-state index is 0.479. The predicted octanol–water partition coefficient (Wildman–Crippen LogP) is 1.19. The van der Waals surface area contributed by atoms with E-state index in [0.29, 0.717) is 17.1 Å². The van der Waals surface area contributed by atoms with Crippen molar-refractivity contribution in [2.45, 2.75) is 13.8 Å². The summed E-state index contributed by atoms with van der Waals surface area (Å²) >= 11 is 3.13. The van der Waals surface area contributed by atoms with Crippen LogP contribution in [0.4, 0.5) is 11.6 Å². The van der Waals surface area contributed by atoms with E-state index >= 15 is 0 Å². The largest absolute Gasteiger partial charge is 0.488 e. The number of pyridine rings is 2. The number of aromatic nitrogens is 6. The van der Waals surface area contributed by atoms with Gasteiger partial charge in [-0.2, -0.15) is 10.2 Å². The van der Waals surface area contributed by atoms with E-state index in [1.807, 2.05) is 19.1 Å². The van der Waals surface area contributed by atoms with Crippen molar-refractivity contribution < 1.29 is 10.0 Å². The predicted molar refractivity (Wildman–Crippen MR) is 120 cm³/mol. The average molecular weight is 473 g/mol. The van der Waals surface area contributed by atoms with Crippen LogP contribution in [0, 0.1) is 13.8 Å². The molecule has 0 unspecified atom stereocenters. The van der Waals surface area contributed by atoms with E-state index in [4.69, 9.17) is 21.5 Å². The molecule has 0 bridgehead atoms. The lowest BCUT2D eigenvalue weighted by Gasteiger charge is -1.97. The molecule has 0 aliphatic heterocycles. The van der Waals surface area contributed by atoms with Crippen molar-refractivity contribution in [2.75, 3.05) is 11.5 Å². The molecule has 0 spiro atoms. The molecular weight excluding hydrogens is 451 g/mol. The quantitative estimate of drug-likeness (QED) is 0.235. The average Bonchev–Trinajstić information content (AvgIpc) is 3.30. The number of nitrogens with zero attached hydrogens (tertiary/aromatic N) is 4. The fourth-order valence-corrected chi connectivity index (χ4v) is 2.56. The van der Waals surface area contributed by atoms with Crippen LogP contribution in [0.25, 0.3) is 11.3 Å². The summed E-state index contributed by atoms with van der Waals surface area (Å²) in [6, 6.07) is 10.6. The van der Waals surface area contributed by atoms with Gasteiger partial charge in [-0.25, -0.2) is 0 Å². The van der Waals surface area contributed by atoms with Gasteiger partial charge in [0.25, 0.3) is 0 Å². The molecule has 0 aliphatic carbocycles. The summed E-state index contributed by atoms with van der Waals surface area (Å²) < 4.78 is 0.810. The molecule has 10 nitrogen and oxygen atoms in total. The van der Waals surface area contributed by atoms with Gasteiger partial charge in [-0.1, -0.05) is 0 Å². The topological polar surface area (TPSA) is 176 Å². The second-order valence-corrected chi connectivity index (χ2v) is 6.99. The van der Waals surface area contributed by atoms with Gasteiger partial charge in [-0.05, 0) is 59.5 Å². The van der Waals surface area contributed by atoms with Crippen molar-refractivity contribution in [1.82, 2.24) is 30.4 Å². The first-order chi connectivity index (χ1) is 14.2. The van der Waals surface area contributed by atoms with Crippen LogP contribution < -0.4 is 16.9 Å². The van der Waals surface area contributed by atoms with E-state index < -0.39 is 7.12 Å². The Morgan fingerprint density at radius 3 is 1.87 bits per heavy atom. The molecule has 0 fully saturated rings. The zero-order valence-corrected chi connectivity index (χ0v) is 18.0. The molecule has 0 aliphatic rings. The molecule has 4 heterocycles. The van der Waals surface area contributed by atoms with Crippen LogP contribution >= 0.6 is 15.9 Å². The molecule has 0 aromatic carbocycles. The van der Waals surface area contributed by atoms with Crippen LogP contribution in [0.3, 0.4) is 0 Å². The number of hydrogen-bond acceptors (Lipinski definition) is 8. The highest BCUT2D eigenvalue weighted by atomic mass is 79.9. The molecule has 4 aromatic heterocycles. The van der Waals surface area contributed by atoms with Gasteiger partial charge in [0.05, 0.1) is 5.69 Å². The van der Waals surface area contributed by atoms with Gasteiger partial charge >= 0.3 is 7.12 Å². The Bertz CT molecular complexity index is 1050. The van der Waals surface area contributed by atoms with E-state index in [1.165, 1.54) is 0 Å². The summed E-state index contributed by atoms with van der Waals surface area (Å²) in [5.74, 6) is 1.01. The SMILES string of the molecule is Cc1cc(-c2cc(N)n[nH]2)ccn1.Cc1cc(B(O)O)ccn1.Nc1cc(Br)[nH]n1. The van der Waals surface area contributed by atoms with Gasteiger partial charge in [-0.15, -0.1) is 0 Å². The Hall–Kier alpha value is -3.22. The maximum absolute atomic E-state index is 8.68. The van der Waals surface area contributed by atoms with E-state index in [9.17, 15) is 0 Å². The molecule has 0 saturated heterocycles. The number of aryl methyl sites for hydroxylation is 2. The third-order valence-corrected chi connectivity index (χ3v) is 4.00. The third-order valence-electron chi connectivity index (χ3n) is 3.59. The molecule has 4 aromatic rings. The van der Waals surface area contributed by atoms with Crippen molar-refractivity contribution in [1.29, 1.82) is 0 Å². The highest BCUT2D eigenvalue weighted by Crippen LogP contribution is 2.17. The zero-order valence-electron chi connectivity index (χ0n) is 16.4. The fourth-order valence-electron chi connectivity index (χ4n) is 2.24. The summed E-state index contributed by atoms with van der Waals surface area (Å²) in [5.41, 5.74) is 14.9. The molecule has 0 atom stereocenters. The van der Waals surface area contributed by atoms with Gasteiger partial charge in [0.15, 0.2) is 0 Å². The second-order valence-electron chi connectivity index (χ2n) is 6.14. The van der Waals surface area contributed by atoms with Crippen molar-refractivity contribution in [3.05, 3.63) is 64.8 Å². The first kappa shape index (κ1) is 23.1. The maximum Gasteiger partial charge on any atom is 0.488 e. The van der Waals surface area contributed by atoms with Gasteiger partial charge in [0.2, 0.25) is 0 Å². The highest BCUT2D eigenvalue weighted by Gasteiger charge is 2.09. The molecule has 12 heteroatoms. The van der Waals surface area contributed by atoms with Crippen molar-refractivity contribution in [3.8, 4) is 11.3 Å². The zero-order chi connectivity index (χ0) is 22.1. The Morgan fingerprint density at radius 1 is 0.867 bits per heavy atom. The molecule has 8 N–H and O–H groups in total. The lowest BCUT2D eigenvalue weighted by atomic mass is 9.81. The summed E-state index contributed by atoms with van der Waals surface area (Å²) in [6.07, 6.45) is 3.31. The van der Waals surface area contributed by atoms with Crippen molar-refractivity contribution in [2.24, 2.45) is 0 Å². The van der Waals surface area contributed by atoms with Crippen LogP contribution in [-0.2, 0) is 0 Å². The highest BCUT2D eigenvalue weighted by molar-refractivity contribution is 9.10. The fraction of sp³-hybridized carbons (Fsp3) is 0.111. The lowest BCUT2D eigenvalue weighted by molar-refractivity contribution is 0.425. The minimum Gasteiger partial charge on any atom is -0.423 e. The molecule has 30 heavy (non-hydrogen) atoms. The molecular formula is C18H22BBrN8O2. The Balaban J connectivity index is 0.000000168. The Labute approximate surface area is 182 Å². The van der Waals surface area contributed by atoms with Crippen molar-refractivity contribution >= 4 is 40.1 Å².